The van der Waals surface area contributed by atoms with Crippen LogP contribution in [-0.4, -0.2) is 21.6 Å². The molecule has 102 valence electrons. The number of para-hydroxylation sites is 1. The summed E-state index contributed by atoms with van der Waals surface area (Å²) in [5.41, 5.74) is 0.728. The van der Waals surface area contributed by atoms with Crippen LogP contribution in [0.1, 0.15) is 25.2 Å². The van der Waals surface area contributed by atoms with Gasteiger partial charge in [-0.1, -0.05) is 12.1 Å². The summed E-state index contributed by atoms with van der Waals surface area (Å²) >= 11 is 7.73. The molecule has 1 unspecified atom stereocenters. The van der Waals surface area contributed by atoms with E-state index >= 15 is 0 Å². The number of fused-ring (bicyclic) bond motifs is 1. The largest absolute Gasteiger partial charge is 0.292 e. The molecule has 0 aliphatic heterocycles. The highest BCUT2D eigenvalue weighted by Gasteiger charge is 2.14. The third-order valence-corrected chi connectivity index (χ3v) is 4.06. The first-order chi connectivity index (χ1) is 9.19. The summed E-state index contributed by atoms with van der Waals surface area (Å²) < 4.78 is 1.74. The Bertz CT molecular complexity index is 626. The van der Waals surface area contributed by atoms with E-state index in [0.717, 1.165) is 17.7 Å². The van der Waals surface area contributed by atoms with Crippen LogP contribution in [0.25, 0.3) is 10.9 Å². The van der Waals surface area contributed by atoms with E-state index < -0.39 is 0 Å². The van der Waals surface area contributed by atoms with Gasteiger partial charge in [0.2, 0.25) is 0 Å². The van der Waals surface area contributed by atoms with Gasteiger partial charge in [-0.15, -0.1) is 11.6 Å². The lowest BCUT2D eigenvalue weighted by Crippen LogP contribution is -2.28. The van der Waals surface area contributed by atoms with E-state index in [4.69, 9.17) is 11.6 Å². The van der Waals surface area contributed by atoms with Gasteiger partial charge >= 0.3 is 0 Å². The molecule has 1 heterocycles. The molecular formula is C14H17ClN2OS. The predicted octanol–water partition coefficient (Wildman–Crippen LogP) is 3.45. The standard InChI is InChI=1S/C14H17ClN2OS/c1-10(7-8-19-2)17-13(9-15)16-12-6-4-3-5-11(12)14(17)18/h3-6,10H,7-9H2,1-2H3. The molecule has 0 saturated carbocycles. The first kappa shape index (κ1) is 14.4. The quantitative estimate of drug-likeness (QED) is 0.793. The monoisotopic (exact) mass is 296 g/mol. The van der Waals surface area contributed by atoms with Gasteiger partial charge in [0.25, 0.3) is 5.56 Å². The zero-order valence-electron chi connectivity index (χ0n) is 11.1. The topological polar surface area (TPSA) is 34.9 Å². The molecule has 1 atom stereocenters. The van der Waals surface area contributed by atoms with Crippen LogP contribution >= 0.6 is 23.4 Å². The number of alkyl halides is 1. The van der Waals surface area contributed by atoms with Crippen molar-refractivity contribution in [2.24, 2.45) is 0 Å². The number of thioether (sulfide) groups is 1. The summed E-state index contributed by atoms with van der Waals surface area (Å²) in [5, 5.41) is 0.660. The van der Waals surface area contributed by atoms with Crippen molar-refractivity contribution in [2.45, 2.75) is 25.3 Å². The van der Waals surface area contributed by atoms with Crippen molar-refractivity contribution in [1.82, 2.24) is 9.55 Å². The molecule has 3 nitrogen and oxygen atoms in total. The second-order valence-electron chi connectivity index (χ2n) is 4.48. The molecule has 0 saturated heterocycles. The minimum Gasteiger partial charge on any atom is -0.292 e. The highest BCUT2D eigenvalue weighted by atomic mass is 35.5. The summed E-state index contributed by atoms with van der Waals surface area (Å²) in [6.07, 6.45) is 3.00. The van der Waals surface area contributed by atoms with Crippen molar-refractivity contribution in [2.75, 3.05) is 12.0 Å². The zero-order valence-corrected chi connectivity index (χ0v) is 12.7. The number of hydrogen-bond acceptors (Lipinski definition) is 3. The van der Waals surface area contributed by atoms with Crippen molar-refractivity contribution in [3.8, 4) is 0 Å². The van der Waals surface area contributed by atoms with Crippen LogP contribution in [-0.2, 0) is 5.88 Å². The van der Waals surface area contributed by atoms with Gasteiger partial charge in [0, 0.05) is 6.04 Å². The molecule has 0 N–H and O–H groups in total. The van der Waals surface area contributed by atoms with Crippen molar-refractivity contribution in [1.29, 1.82) is 0 Å². The zero-order chi connectivity index (χ0) is 13.8. The maximum atomic E-state index is 12.6. The van der Waals surface area contributed by atoms with Gasteiger partial charge in [0.05, 0.1) is 16.8 Å². The summed E-state index contributed by atoms with van der Waals surface area (Å²) in [6, 6.07) is 7.53. The van der Waals surface area contributed by atoms with Gasteiger partial charge in [-0.05, 0) is 37.5 Å². The Morgan fingerprint density at radius 1 is 1.42 bits per heavy atom. The molecule has 0 fully saturated rings. The Labute approximate surface area is 122 Å². The molecule has 0 spiro atoms. The van der Waals surface area contributed by atoms with E-state index in [0.29, 0.717) is 11.2 Å². The summed E-state index contributed by atoms with van der Waals surface area (Å²) in [4.78, 5) is 17.1. The number of hydrogen-bond donors (Lipinski definition) is 0. The van der Waals surface area contributed by atoms with Gasteiger partial charge in [-0.3, -0.25) is 9.36 Å². The molecular weight excluding hydrogens is 280 g/mol. The first-order valence-corrected chi connectivity index (χ1v) is 8.17. The second kappa shape index (κ2) is 6.44. The van der Waals surface area contributed by atoms with Gasteiger partial charge in [0.15, 0.2) is 0 Å². The van der Waals surface area contributed by atoms with Gasteiger partial charge in [-0.25, -0.2) is 4.98 Å². The minimum absolute atomic E-state index is 0.00912. The Balaban J connectivity index is 2.58. The van der Waals surface area contributed by atoms with Crippen molar-refractivity contribution in [3.63, 3.8) is 0 Å². The van der Waals surface area contributed by atoms with E-state index in [2.05, 4.69) is 11.2 Å². The molecule has 1 aromatic heterocycles. The van der Waals surface area contributed by atoms with Crippen molar-refractivity contribution >= 4 is 34.3 Å². The van der Waals surface area contributed by atoms with Gasteiger partial charge in [0.1, 0.15) is 5.82 Å². The van der Waals surface area contributed by atoms with E-state index in [1.54, 1.807) is 16.3 Å². The van der Waals surface area contributed by atoms with Crippen LogP contribution in [0, 0.1) is 0 Å². The van der Waals surface area contributed by atoms with E-state index in [-0.39, 0.29) is 17.5 Å². The molecule has 1 aromatic carbocycles. The first-order valence-electron chi connectivity index (χ1n) is 6.24. The lowest BCUT2D eigenvalue weighted by Gasteiger charge is -2.18. The molecule has 0 amide bonds. The van der Waals surface area contributed by atoms with Gasteiger partial charge < -0.3 is 0 Å². The van der Waals surface area contributed by atoms with Crippen molar-refractivity contribution in [3.05, 3.63) is 40.4 Å². The Hall–Kier alpha value is -1.00. The van der Waals surface area contributed by atoms with E-state index in [1.165, 1.54) is 0 Å². The molecule has 0 aliphatic carbocycles. The molecule has 19 heavy (non-hydrogen) atoms. The fourth-order valence-electron chi connectivity index (χ4n) is 2.16. The molecule has 5 heteroatoms. The lowest BCUT2D eigenvalue weighted by atomic mass is 10.2. The SMILES string of the molecule is CSCCC(C)n1c(CCl)nc2ccccc2c1=O. The Morgan fingerprint density at radius 3 is 2.84 bits per heavy atom. The average molecular weight is 297 g/mol. The summed E-state index contributed by atoms with van der Waals surface area (Å²) in [5.74, 6) is 1.92. The summed E-state index contributed by atoms with van der Waals surface area (Å²) in [6.45, 7) is 2.05. The van der Waals surface area contributed by atoms with Crippen LogP contribution in [0.4, 0.5) is 0 Å². The highest BCUT2D eigenvalue weighted by molar-refractivity contribution is 7.98. The lowest BCUT2D eigenvalue weighted by molar-refractivity contribution is 0.498. The number of rotatable bonds is 5. The maximum Gasteiger partial charge on any atom is 0.261 e. The number of halogens is 1. The Kier molecular flexibility index (Phi) is 4.88. The summed E-state index contributed by atoms with van der Waals surface area (Å²) in [7, 11) is 0. The number of benzene rings is 1. The number of aromatic nitrogens is 2. The molecule has 0 aliphatic rings. The number of nitrogens with zero attached hydrogens (tertiary/aromatic N) is 2. The van der Waals surface area contributed by atoms with Crippen molar-refractivity contribution < 1.29 is 0 Å². The van der Waals surface area contributed by atoms with Crippen LogP contribution < -0.4 is 5.56 Å². The molecule has 2 rings (SSSR count). The van der Waals surface area contributed by atoms with Gasteiger partial charge in [-0.2, -0.15) is 11.8 Å². The molecule has 0 bridgehead atoms. The maximum absolute atomic E-state index is 12.6. The van der Waals surface area contributed by atoms with E-state index in [9.17, 15) is 4.79 Å². The highest BCUT2D eigenvalue weighted by Crippen LogP contribution is 2.17. The third-order valence-electron chi connectivity index (χ3n) is 3.18. The van der Waals surface area contributed by atoms with Crippen LogP contribution in [0.5, 0.6) is 0 Å². The average Bonchev–Trinajstić information content (AvgIpc) is 2.44. The predicted molar refractivity (Wildman–Crippen MR) is 83.3 cm³/mol. The Morgan fingerprint density at radius 2 is 2.16 bits per heavy atom. The fourth-order valence-corrected chi connectivity index (χ4v) is 2.92. The van der Waals surface area contributed by atoms with Crippen LogP contribution in [0.15, 0.2) is 29.1 Å². The molecule has 0 radical (unpaired) electrons. The van der Waals surface area contributed by atoms with Crippen LogP contribution in [0.3, 0.4) is 0 Å². The minimum atomic E-state index is 0.00912. The fraction of sp³-hybridized carbons (Fsp3) is 0.429. The van der Waals surface area contributed by atoms with Crippen LogP contribution in [0.2, 0.25) is 0 Å². The second-order valence-corrected chi connectivity index (χ2v) is 5.74. The van der Waals surface area contributed by atoms with E-state index in [1.807, 2.05) is 31.2 Å². The third kappa shape index (κ3) is 2.95. The molecule has 2 aromatic rings. The smallest absolute Gasteiger partial charge is 0.261 e. The normalized spacial score (nSPS) is 12.8.